The van der Waals surface area contributed by atoms with Crippen LogP contribution in [0.3, 0.4) is 0 Å². The van der Waals surface area contributed by atoms with Crippen molar-refractivity contribution in [2.24, 2.45) is 11.1 Å². The van der Waals surface area contributed by atoms with Crippen LogP contribution in [0.15, 0.2) is 55.1 Å². The molecule has 38 heavy (non-hydrogen) atoms. The van der Waals surface area contributed by atoms with E-state index in [9.17, 15) is 14.3 Å². The van der Waals surface area contributed by atoms with Gasteiger partial charge in [0.15, 0.2) is 11.6 Å². The highest BCUT2D eigenvalue weighted by Gasteiger charge is 2.23. The van der Waals surface area contributed by atoms with Crippen LogP contribution in [0.4, 0.5) is 26.0 Å². The Kier molecular flexibility index (Phi) is 8.13. The van der Waals surface area contributed by atoms with Gasteiger partial charge in [-0.1, -0.05) is 19.9 Å². The Morgan fingerprint density at radius 1 is 1.24 bits per heavy atom. The highest BCUT2D eigenvalue weighted by molar-refractivity contribution is 5.95. The Morgan fingerprint density at radius 2 is 2.05 bits per heavy atom. The van der Waals surface area contributed by atoms with Crippen molar-refractivity contribution in [3.63, 3.8) is 0 Å². The fraction of sp³-hybridized carbons (Fsp3) is 0.308. The van der Waals surface area contributed by atoms with Crippen LogP contribution >= 0.6 is 0 Å². The summed E-state index contributed by atoms with van der Waals surface area (Å²) >= 11 is 0. The van der Waals surface area contributed by atoms with Gasteiger partial charge in [0.05, 0.1) is 23.1 Å². The van der Waals surface area contributed by atoms with Gasteiger partial charge in [-0.3, -0.25) is 14.4 Å². The molecule has 4 aromatic rings. The Hall–Kier alpha value is -4.16. The molecular formula is C26H29F2N7O3. The smallest absolute Gasteiger partial charge is 0.239 e. The molecule has 2 heterocycles. The topological polar surface area (TPSA) is 131 Å². The van der Waals surface area contributed by atoms with E-state index >= 15 is 4.39 Å². The number of fused-ring (bicyclic) bond motifs is 1. The number of nitrogens with zero attached hydrogens (tertiary/aromatic N) is 5. The molecule has 0 saturated carbocycles. The number of hydrogen-bond donors (Lipinski definition) is 3. The number of aliphatic hydroxyl groups excluding tert-OH is 1. The van der Waals surface area contributed by atoms with E-state index in [1.165, 1.54) is 40.4 Å². The molecule has 2 aromatic carbocycles. The molecule has 200 valence electrons. The second-order valence-corrected chi connectivity index (χ2v) is 9.49. The molecule has 10 nitrogen and oxygen atoms in total. The molecule has 0 radical (unpaired) electrons. The van der Waals surface area contributed by atoms with Gasteiger partial charge >= 0.3 is 0 Å². The van der Waals surface area contributed by atoms with Gasteiger partial charge in [0.2, 0.25) is 5.91 Å². The first-order valence-corrected chi connectivity index (χ1v) is 11.9. The van der Waals surface area contributed by atoms with Crippen LogP contribution in [0, 0.1) is 17.0 Å². The molecule has 0 fully saturated rings. The number of primary amides is 1. The number of carbonyl (C=O) groups excluding carboxylic acids is 1. The number of hydrogen-bond acceptors (Lipinski definition) is 8. The summed E-state index contributed by atoms with van der Waals surface area (Å²) in [6.07, 6.45) is 4.22. The van der Waals surface area contributed by atoms with E-state index in [-0.39, 0.29) is 30.1 Å². The minimum atomic E-state index is -1.07. The second kappa shape index (κ2) is 11.5. The van der Waals surface area contributed by atoms with Gasteiger partial charge in [-0.05, 0) is 24.3 Å². The van der Waals surface area contributed by atoms with Crippen LogP contribution in [0.1, 0.15) is 13.8 Å². The summed E-state index contributed by atoms with van der Waals surface area (Å²) in [5.41, 5.74) is 5.82. The maximum atomic E-state index is 15.0. The Labute approximate surface area is 218 Å². The SMILES string of the molecule is CC(C)(CO)CNCCOc1ccc2c(N(c3cnn(CC(N)=O)c3)c3cccc(F)c3F)ncnc2c1. The molecule has 0 spiro atoms. The third kappa shape index (κ3) is 6.21. The number of aromatic nitrogens is 4. The summed E-state index contributed by atoms with van der Waals surface area (Å²) in [7, 11) is 0. The number of amides is 1. The molecule has 4 N–H and O–H groups in total. The third-order valence-corrected chi connectivity index (χ3v) is 5.75. The Balaban J connectivity index is 1.64. The van der Waals surface area contributed by atoms with Crippen molar-refractivity contribution in [2.45, 2.75) is 20.4 Å². The summed E-state index contributed by atoms with van der Waals surface area (Å²) in [5, 5.41) is 17.3. The predicted molar refractivity (Wildman–Crippen MR) is 138 cm³/mol. The number of benzene rings is 2. The van der Waals surface area contributed by atoms with Crippen LogP contribution in [0.25, 0.3) is 10.9 Å². The molecular weight excluding hydrogens is 496 g/mol. The van der Waals surface area contributed by atoms with E-state index in [0.717, 1.165) is 6.07 Å². The van der Waals surface area contributed by atoms with Crippen molar-refractivity contribution >= 4 is 34.0 Å². The number of carbonyl (C=O) groups is 1. The quantitative estimate of drug-likeness (QED) is 0.241. The maximum absolute atomic E-state index is 15.0. The summed E-state index contributed by atoms with van der Waals surface area (Å²) in [6, 6.07) is 9.04. The number of aliphatic hydroxyl groups is 1. The average molecular weight is 526 g/mol. The fourth-order valence-electron chi connectivity index (χ4n) is 3.77. The average Bonchev–Trinajstić information content (AvgIpc) is 3.33. The molecule has 2 aromatic heterocycles. The van der Waals surface area contributed by atoms with E-state index in [1.54, 1.807) is 18.2 Å². The first-order chi connectivity index (χ1) is 18.2. The molecule has 12 heteroatoms. The largest absolute Gasteiger partial charge is 0.492 e. The van der Waals surface area contributed by atoms with Crippen molar-refractivity contribution in [3.8, 4) is 5.75 Å². The zero-order valence-electron chi connectivity index (χ0n) is 21.1. The number of halogens is 2. The molecule has 0 bridgehead atoms. The number of nitrogens with one attached hydrogen (secondary N) is 1. The lowest BCUT2D eigenvalue weighted by Gasteiger charge is -2.24. The Bertz CT molecular complexity index is 1430. The fourth-order valence-corrected chi connectivity index (χ4v) is 3.77. The monoisotopic (exact) mass is 525 g/mol. The Morgan fingerprint density at radius 3 is 2.82 bits per heavy atom. The zero-order chi connectivity index (χ0) is 27.3. The van der Waals surface area contributed by atoms with Crippen LogP contribution in [-0.4, -0.2) is 57.1 Å². The minimum Gasteiger partial charge on any atom is -0.492 e. The number of nitrogens with two attached hydrogens (primary N) is 1. The molecule has 0 atom stereocenters. The summed E-state index contributed by atoms with van der Waals surface area (Å²) in [4.78, 5) is 21.5. The molecule has 0 aliphatic heterocycles. The molecule has 1 amide bonds. The van der Waals surface area contributed by atoms with Crippen molar-refractivity contribution in [2.75, 3.05) is 31.2 Å². The number of rotatable bonds is 12. The second-order valence-electron chi connectivity index (χ2n) is 9.49. The van der Waals surface area contributed by atoms with Gasteiger partial charge in [-0.2, -0.15) is 5.10 Å². The van der Waals surface area contributed by atoms with Crippen molar-refractivity contribution in [1.82, 2.24) is 25.1 Å². The summed E-state index contributed by atoms with van der Waals surface area (Å²) < 4.78 is 36.4. The zero-order valence-corrected chi connectivity index (χ0v) is 21.1. The van der Waals surface area contributed by atoms with Gasteiger partial charge in [0, 0.05) is 42.8 Å². The van der Waals surface area contributed by atoms with Crippen LogP contribution in [0.5, 0.6) is 5.75 Å². The van der Waals surface area contributed by atoms with Crippen molar-refractivity contribution < 1.29 is 23.4 Å². The van der Waals surface area contributed by atoms with E-state index < -0.39 is 17.5 Å². The summed E-state index contributed by atoms with van der Waals surface area (Å²) in [5.74, 6) is -1.85. The molecule has 0 unspecified atom stereocenters. The van der Waals surface area contributed by atoms with Gasteiger partial charge in [-0.25, -0.2) is 18.7 Å². The van der Waals surface area contributed by atoms with Crippen LogP contribution < -0.4 is 20.7 Å². The minimum absolute atomic E-state index is 0.0794. The third-order valence-electron chi connectivity index (χ3n) is 5.75. The number of ether oxygens (including phenoxy) is 1. The van der Waals surface area contributed by atoms with E-state index in [1.807, 2.05) is 13.8 Å². The summed E-state index contributed by atoms with van der Waals surface area (Å²) in [6.45, 7) is 5.44. The molecule has 0 aliphatic carbocycles. The van der Waals surface area contributed by atoms with E-state index in [2.05, 4.69) is 20.4 Å². The van der Waals surface area contributed by atoms with E-state index in [0.29, 0.717) is 42.0 Å². The van der Waals surface area contributed by atoms with Gasteiger partial charge in [-0.15, -0.1) is 0 Å². The molecule has 0 saturated heterocycles. The van der Waals surface area contributed by atoms with Crippen molar-refractivity contribution in [3.05, 3.63) is 66.8 Å². The van der Waals surface area contributed by atoms with Crippen molar-refractivity contribution in [1.29, 1.82) is 0 Å². The lowest BCUT2D eigenvalue weighted by Crippen LogP contribution is -2.34. The lowest BCUT2D eigenvalue weighted by molar-refractivity contribution is -0.118. The first kappa shape index (κ1) is 26.9. The van der Waals surface area contributed by atoms with Crippen LogP contribution in [-0.2, 0) is 11.3 Å². The molecule has 4 rings (SSSR count). The predicted octanol–water partition coefficient (Wildman–Crippen LogP) is 3.05. The standard InChI is InChI=1S/C26H29F2N7O3/c1-26(2,15-36)14-30-8-9-38-18-6-7-19-21(10-18)31-16-32-25(19)35(22-5-3-4-20(27)24(22)28)17-11-33-34(12-17)13-23(29)37/h3-7,10-12,16,30,36H,8-9,13-15H2,1-2H3,(H2,29,37). The lowest BCUT2D eigenvalue weighted by atomic mass is 9.95. The van der Waals surface area contributed by atoms with E-state index in [4.69, 9.17) is 10.5 Å². The maximum Gasteiger partial charge on any atom is 0.239 e. The normalized spacial score (nSPS) is 11.6. The van der Waals surface area contributed by atoms with Crippen LogP contribution in [0.2, 0.25) is 0 Å². The highest BCUT2D eigenvalue weighted by atomic mass is 19.2. The molecule has 0 aliphatic rings. The number of anilines is 3. The van der Waals surface area contributed by atoms with Gasteiger partial charge in [0.25, 0.3) is 0 Å². The van der Waals surface area contributed by atoms with Gasteiger partial charge in [0.1, 0.15) is 31.0 Å². The first-order valence-electron chi connectivity index (χ1n) is 11.9. The van der Waals surface area contributed by atoms with Gasteiger partial charge < -0.3 is 20.9 Å². The highest BCUT2D eigenvalue weighted by Crippen LogP contribution is 2.39.